The first kappa shape index (κ1) is 17.8. The van der Waals surface area contributed by atoms with Crippen LogP contribution in [0.5, 0.6) is 0 Å². The van der Waals surface area contributed by atoms with E-state index < -0.39 is 0 Å². The number of pyridine rings is 1. The van der Waals surface area contributed by atoms with Crippen molar-refractivity contribution in [1.29, 1.82) is 0 Å². The highest BCUT2D eigenvalue weighted by molar-refractivity contribution is 6.29. The summed E-state index contributed by atoms with van der Waals surface area (Å²) in [5, 5.41) is 3.63. The first-order valence-electron chi connectivity index (χ1n) is 8.05. The number of carbonyl (C=O) groups is 1. The van der Waals surface area contributed by atoms with Gasteiger partial charge in [0.2, 0.25) is 0 Å². The Bertz CT molecular complexity index is 879. The highest BCUT2D eigenvalue weighted by Crippen LogP contribution is 2.18. The van der Waals surface area contributed by atoms with Gasteiger partial charge < -0.3 is 10.2 Å². The molecule has 1 amide bonds. The molecule has 1 aromatic carbocycles. The van der Waals surface area contributed by atoms with Gasteiger partial charge in [-0.1, -0.05) is 23.7 Å². The van der Waals surface area contributed by atoms with E-state index in [1.165, 1.54) is 0 Å². The van der Waals surface area contributed by atoms with Gasteiger partial charge >= 0.3 is 0 Å². The first-order chi connectivity index (χ1) is 12.5. The Labute approximate surface area is 156 Å². The van der Waals surface area contributed by atoms with E-state index in [2.05, 4.69) is 20.3 Å². The van der Waals surface area contributed by atoms with Crippen LogP contribution in [0.4, 0.5) is 11.5 Å². The van der Waals surface area contributed by atoms with Crippen LogP contribution in [0.2, 0.25) is 5.15 Å². The number of hydrogen-bond donors (Lipinski definition) is 1. The van der Waals surface area contributed by atoms with Crippen LogP contribution in [0, 0.1) is 6.92 Å². The van der Waals surface area contributed by atoms with Gasteiger partial charge in [-0.25, -0.2) is 9.97 Å². The predicted molar refractivity (Wildman–Crippen MR) is 103 cm³/mol. The molecule has 0 fully saturated rings. The van der Waals surface area contributed by atoms with Gasteiger partial charge in [-0.15, -0.1) is 0 Å². The quantitative estimate of drug-likeness (QED) is 0.696. The van der Waals surface area contributed by atoms with E-state index in [-0.39, 0.29) is 5.91 Å². The number of aromatic nitrogens is 3. The third-order valence-corrected chi connectivity index (χ3v) is 4.03. The molecule has 2 aromatic heterocycles. The predicted octanol–water partition coefficient (Wildman–Crippen LogP) is 3.72. The fraction of sp³-hybridized carbons (Fsp3) is 0.158. The van der Waals surface area contributed by atoms with Crippen LogP contribution in [0.1, 0.15) is 21.7 Å². The summed E-state index contributed by atoms with van der Waals surface area (Å²) in [6.07, 6.45) is 3.22. The summed E-state index contributed by atoms with van der Waals surface area (Å²) < 4.78 is 0. The molecular formula is C19H18ClN5O. The van der Waals surface area contributed by atoms with Crippen LogP contribution in [0.3, 0.4) is 0 Å². The molecule has 6 nitrogen and oxygen atoms in total. The van der Waals surface area contributed by atoms with E-state index in [4.69, 9.17) is 11.6 Å². The largest absolute Gasteiger partial charge is 0.366 e. The van der Waals surface area contributed by atoms with E-state index in [9.17, 15) is 4.79 Å². The third-order valence-electron chi connectivity index (χ3n) is 3.84. The van der Waals surface area contributed by atoms with Crippen molar-refractivity contribution in [2.45, 2.75) is 13.5 Å². The van der Waals surface area contributed by atoms with Crippen LogP contribution in [-0.4, -0.2) is 27.9 Å². The number of hydrogen-bond acceptors (Lipinski definition) is 5. The first-order valence-corrected chi connectivity index (χ1v) is 8.43. The zero-order chi connectivity index (χ0) is 18.5. The molecule has 0 saturated carbocycles. The minimum absolute atomic E-state index is 0.0793. The fourth-order valence-corrected chi connectivity index (χ4v) is 2.68. The molecule has 0 aliphatic rings. The van der Waals surface area contributed by atoms with Crippen LogP contribution < -0.4 is 10.2 Å². The number of carbonyl (C=O) groups excluding carboxylic acids is 1. The summed E-state index contributed by atoms with van der Waals surface area (Å²) >= 11 is 5.94. The highest BCUT2D eigenvalue weighted by atomic mass is 35.5. The van der Waals surface area contributed by atoms with E-state index in [0.29, 0.717) is 28.9 Å². The van der Waals surface area contributed by atoms with Crippen LogP contribution >= 0.6 is 11.6 Å². The van der Waals surface area contributed by atoms with Crippen LogP contribution in [-0.2, 0) is 6.54 Å². The maximum absolute atomic E-state index is 12.5. The molecule has 3 aromatic rings. The van der Waals surface area contributed by atoms with E-state index in [1.54, 1.807) is 49.5 Å². The number of halogens is 1. The molecule has 1 N–H and O–H groups in total. The van der Waals surface area contributed by atoms with Gasteiger partial charge in [-0.3, -0.25) is 9.78 Å². The molecule has 132 valence electrons. The lowest BCUT2D eigenvalue weighted by molar-refractivity contribution is 0.0993. The zero-order valence-electron chi connectivity index (χ0n) is 14.5. The van der Waals surface area contributed by atoms with Crippen molar-refractivity contribution in [3.05, 3.63) is 77.0 Å². The van der Waals surface area contributed by atoms with Crippen molar-refractivity contribution >= 4 is 29.0 Å². The molecule has 0 atom stereocenters. The standard InChI is InChI=1S/C19H18ClN5O/c1-13-23-17(20)11-18(24-13)22-12-14-3-5-16(6-4-14)25(2)19(26)15-7-9-21-10-8-15/h3-11H,12H2,1-2H3,(H,22,23,24). The molecule has 0 aliphatic heterocycles. The number of rotatable bonds is 5. The fourth-order valence-electron chi connectivity index (χ4n) is 2.46. The molecule has 0 unspecified atom stereocenters. The Morgan fingerprint density at radius 1 is 1.12 bits per heavy atom. The molecule has 2 heterocycles. The summed E-state index contributed by atoms with van der Waals surface area (Å²) in [5.41, 5.74) is 2.48. The summed E-state index contributed by atoms with van der Waals surface area (Å²) in [5.74, 6) is 1.22. The Kier molecular flexibility index (Phi) is 5.43. The maximum atomic E-state index is 12.5. The Morgan fingerprint density at radius 2 is 1.81 bits per heavy atom. The second kappa shape index (κ2) is 7.93. The summed E-state index contributed by atoms with van der Waals surface area (Å²) in [7, 11) is 1.75. The molecule has 0 aliphatic carbocycles. The number of nitrogens with zero attached hydrogens (tertiary/aromatic N) is 4. The van der Waals surface area contributed by atoms with E-state index in [0.717, 1.165) is 11.3 Å². The number of aryl methyl sites for hydroxylation is 1. The number of amides is 1. The van der Waals surface area contributed by atoms with Gasteiger partial charge in [0.05, 0.1) is 0 Å². The topological polar surface area (TPSA) is 71.0 Å². The maximum Gasteiger partial charge on any atom is 0.258 e. The van der Waals surface area contributed by atoms with Crippen LogP contribution in [0.25, 0.3) is 0 Å². The Hall–Kier alpha value is -2.99. The highest BCUT2D eigenvalue weighted by Gasteiger charge is 2.13. The van der Waals surface area contributed by atoms with Gasteiger partial charge in [0.1, 0.15) is 16.8 Å². The average Bonchev–Trinajstić information content (AvgIpc) is 2.65. The minimum Gasteiger partial charge on any atom is -0.366 e. The molecule has 26 heavy (non-hydrogen) atoms. The monoisotopic (exact) mass is 367 g/mol. The van der Waals surface area contributed by atoms with Crippen molar-refractivity contribution in [2.24, 2.45) is 0 Å². The van der Waals surface area contributed by atoms with Crippen molar-refractivity contribution in [3.63, 3.8) is 0 Å². The van der Waals surface area contributed by atoms with Gasteiger partial charge in [-0.05, 0) is 36.8 Å². The van der Waals surface area contributed by atoms with Crippen molar-refractivity contribution < 1.29 is 4.79 Å². The minimum atomic E-state index is -0.0793. The zero-order valence-corrected chi connectivity index (χ0v) is 15.2. The van der Waals surface area contributed by atoms with Crippen LogP contribution in [0.15, 0.2) is 54.9 Å². The summed E-state index contributed by atoms with van der Waals surface area (Å²) in [6.45, 7) is 2.39. The van der Waals surface area contributed by atoms with Gasteiger partial charge in [-0.2, -0.15) is 0 Å². The molecular weight excluding hydrogens is 350 g/mol. The lowest BCUT2D eigenvalue weighted by Gasteiger charge is -2.18. The molecule has 3 rings (SSSR count). The van der Waals surface area contributed by atoms with Crippen molar-refractivity contribution in [1.82, 2.24) is 15.0 Å². The second-order valence-electron chi connectivity index (χ2n) is 5.74. The van der Waals surface area contributed by atoms with Crippen molar-refractivity contribution in [2.75, 3.05) is 17.3 Å². The Balaban J connectivity index is 1.65. The summed E-state index contributed by atoms with van der Waals surface area (Å²) in [4.78, 5) is 26.3. The normalized spacial score (nSPS) is 10.4. The van der Waals surface area contributed by atoms with E-state index >= 15 is 0 Å². The average molecular weight is 368 g/mol. The van der Waals surface area contributed by atoms with Gasteiger partial charge in [0.25, 0.3) is 5.91 Å². The van der Waals surface area contributed by atoms with Crippen molar-refractivity contribution in [3.8, 4) is 0 Å². The SMILES string of the molecule is Cc1nc(Cl)cc(NCc2ccc(N(C)C(=O)c3ccncc3)cc2)n1. The third kappa shape index (κ3) is 4.34. The molecule has 0 saturated heterocycles. The molecule has 7 heteroatoms. The Morgan fingerprint density at radius 3 is 2.46 bits per heavy atom. The lowest BCUT2D eigenvalue weighted by atomic mass is 10.1. The van der Waals surface area contributed by atoms with E-state index in [1.807, 2.05) is 24.3 Å². The molecule has 0 spiro atoms. The van der Waals surface area contributed by atoms with Gasteiger partial charge in [0.15, 0.2) is 0 Å². The lowest BCUT2D eigenvalue weighted by Crippen LogP contribution is -2.26. The number of benzene rings is 1. The smallest absolute Gasteiger partial charge is 0.258 e. The second-order valence-corrected chi connectivity index (χ2v) is 6.13. The van der Waals surface area contributed by atoms with Gasteiger partial charge in [0, 0.05) is 43.3 Å². The number of anilines is 2. The number of nitrogens with one attached hydrogen (secondary N) is 1. The molecule has 0 bridgehead atoms. The molecule has 0 radical (unpaired) electrons. The summed E-state index contributed by atoms with van der Waals surface area (Å²) in [6, 6.07) is 12.8.